The number of anilines is 1. The molecule has 1 aromatic rings. The van der Waals surface area contributed by atoms with Crippen molar-refractivity contribution < 1.29 is 4.92 Å². The maximum Gasteiger partial charge on any atom is 0.311 e. The van der Waals surface area contributed by atoms with E-state index in [-0.39, 0.29) is 11.7 Å². The van der Waals surface area contributed by atoms with Crippen molar-refractivity contribution in [3.8, 4) is 0 Å². The smallest absolute Gasteiger partial charge is 0.311 e. The van der Waals surface area contributed by atoms with Crippen LogP contribution < -0.4 is 5.32 Å². The van der Waals surface area contributed by atoms with Crippen LogP contribution in [0.25, 0.3) is 0 Å². The Kier molecular flexibility index (Phi) is 4.39. The summed E-state index contributed by atoms with van der Waals surface area (Å²) >= 11 is 0. The quantitative estimate of drug-likeness (QED) is 0.624. The first-order valence-electron chi connectivity index (χ1n) is 5.44. The number of aromatic nitrogens is 1. The van der Waals surface area contributed by atoms with Gasteiger partial charge in [-0.2, -0.15) is 0 Å². The van der Waals surface area contributed by atoms with Crippen molar-refractivity contribution in [2.45, 2.75) is 19.9 Å². The lowest BCUT2D eigenvalue weighted by molar-refractivity contribution is -0.384. The van der Waals surface area contributed by atoms with Crippen molar-refractivity contribution in [1.29, 1.82) is 0 Å². The molecule has 0 aliphatic carbocycles. The number of hydrogen-bond donors (Lipinski definition) is 1. The maximum absolute atomic E-state index is 10.8. The molecule has 1 atom stereocenters. The van der Waals surface area contributed by atoms with Gasteiger partial charge in [0.25, 0.3) is 0 Å². The number of nitrogens with zero attached hydrogens (tertiary/aromatic N) is 3. The summed E-state index contributed by atoms with van der Waals surface area (Å²) in [7, 11) is 3.93. The van der Waals surface area contributed by atoms with Gasteiger partial charge in [-0.05, 0) is 34.0 Å². The molecule has 0 fully saturated rings. The van der Waals surface area contributed by atoms with Crippen LogP contribution in [0.2, 0.25) is 0 Å². The molecule has 1 unspecified atom stereocenters. The number of aryl methyl sites for hydroxylation is 1. The van der Waals surface area contributed by atoms with Crippen LogP contribution in [0.4, 0.5) is 11.5 Å². The molecule has 0 amide bonds. The van der Waals surface area contributed by atoms with Gasteiger partial charge in [0.2, 0.25) is 5.82 Å². The van der Waals surface area contributed by atoms with Gasteiger partial charge in [0.1, 0.15) is 0 Å². The second-order valence-electron chi connectivity index (χ2n) is 4.27. The van der Waals surface area contributed by atoms with Crippen LogP contribution in [0, 0.1) is 17.0 Å². The van der Waals surface area contributed by atoms with Crippen LogP contribution in [0.15, 0.2) is 12.1 Å². The second kappa shape index (κ2) is 5.58. The van der Waals surface area contributed by atoms with Gasteiger partial charge < -0.3 is 10.2 Å². The van der Waals surface area contributed by atoms with Gasteiger partial charge in [0, 0.05) is 24.3 Å². The van der Waals surface area contributed by atoms with Crippen LogP contribution in [0.3, 0.4) is 0 Å². The molecule has 0 aliphatic rings. The van der Waals surface area contributed by atoms with E-state index >= 15 is 0 Å². The molecule has 1 heterocycles. The second-order valence-corrected chi connectivity index (χ2v) is 4.27. The highest BCUT2D eigenvalue weighted by Gasteiger charge is 2.15. The molecule has 0 saturated carbocycles. The zero-order chi connectivity index (χ0) is 13.0. The largest absolute Gasteiger partial charge is 0.363 e. The van der Waals surface area contributed by atoms with Crippen LogP contribution in [0.5, 0.6) is 0 Å². The summed E-state index contributed by atoms with van der Waals surface area (Å²) in [5.41, 5.74) is 0.775. The molecule has 0 radical (unpaired) electrons. The first-order valence-corrected chi connectivity index (χ1v) is 5.44. The van der Waals surface area contributed by atoms with Crippen LogP contribution in [-0.4, -0.2) is 41.5 Å². The average Bonchev–Trinajstić information content (AvgIpc) is 2.25. The number of likely N-dealkylation sites (N-methyl/N-ethyl adjacent to an activating group) is 1. The Labute approximate surface area is 101 Å². The van der Waals surface area contributed by atoms with Gasteiger partial charge in [0.15, 0.2) is 0 Å². The summed E-state index contributed by atoms with van der Waals surface area (Å²) in [6.07, 6.45) is 0. The lowest BCUT2D eigenvalue weighted by Gasteiger charge is -2.20. The fourth-order valence-corrected chi connectivity index (χ4v) is 1.25. The van der Waals surface area contributed by atoms with E-state index in [1.165, 1.54) is 6.07 Å². The number of pyridine rings is 1. The fraction of sp³-hybridized carbons (Fsp3) is 0.545. The molecule has 0 bridgehead atoms. The molecule has 0 aromatic carbocycles. The van der Waals surface area contributed by atoms with Gasteiger partial charge in [-0.3, -0.25) is 10.1 Å². The summed E-state index contributed by atoms with van der Waals surface area (Å²) in [6, 6.07) is 3.39. The van der Waals surface area contributed by atoms with E-state index in [0.29, 0.717) is 12.4 Å². The normalized spacial score (nSPS) is 12.5. The van der Waals surface area contributed by atoms with E-state index in [0.717, 1.165) is 5.69 Å². The van der Waals surface area contributed by atoms with Crippen molar-refractivity contribution in [3.63, 3.8) is 0 Å². The molecule has 1 N–H and O–H groups in total. The van der Waals surface area contributed by atoms with E-state index < -0.39 is 4.92 Å². The summed E-state index contributed by atoms with van der Waals surface area (Å²) in [5.74, 6) is 0.337. The minimum atomic E-state index is -0.422. The SMILES string of the molecule is Cc1ccc([N+](=O)[O-])c(NCC(C)N(C)C)n1. The molecule has 17 heavy (non-hydrogen) atoms. The Bertz CT molecular complexity index is 406. The number of nitrogens with one attached hydrogen (secondary N) is 1. The average molecular weight is 238 g/mol. The van der Waals surface area contributed by atoms with E-state index in [1.54, 1.807) is 6.07 Å². The standard InChI is InChI=1S/C11H18N4O2/c1-8-5-6-10(15(16)17)11(13-8)12-7-9(2)14(3)4/h5-6,9H,7H2,1-4H3,(H,12,13). The van der Waals surface area contributed by atoms with Crippen molar-refractivity contribution >= 4 is 11.5 Å². The molecule has 6 heteroatoms. The van der Waals surface area contributed by atoms with Gasteiger partial charge in [-0.25, -0.2) is 4.98 Å². The molecule has 94 valence electrons. The van der Waals surface area contributed by atoms with E-state index in [9.17, 15) is 10.1 Å². The Morgan fingerprint density at radius 1 is 1.53 bits per heavy atom. The summed E-state index contributed by atoms with van der Waals surface area (Å²) in [5, 5.41) is 13.8. The predicted molar refractivity (Wildman–Crippen MR) is 67.3 cm³/mol. The van der Waals surface area contributed by atoms with Crippen LogP contribution in [-0.2, 0) is 0 Å². The van der Waals surface area contributed by atoms with E-state index in [2.05, 4.69) is 10.3 Å². The van der Waals surface area contributed by atoms with Crippen molar-refractivity contribution in [2.75, 3.05) is 26.0 Å². The van der Waals surface area contributed by atoms with Gasteiger partial charge in [-0.1, -0.05) is 0 Å². The Balaban J connectivity index is 2.82. The van der Waals surface area contributed by atoms with Crippen molar-refractivity contribution in [2.24, 2.45) is 0 Å². The van der Waals surface area contributed by atoms with E-state index in [4.69, 9.17) is 0 Å². The monoisotopic (exact) mass is 238 g/mol. The molecule has 0 spiro atoms. The molecule has 1 aromatic heterocycles. The number of hydrogen-bond acceptors (Lipinski definition) is 5. The topological polar surface area (TPSA) is 71.3 Å². The molecule has 1 rings (SSSR count). The third kappa shape index (κ3) is 3.67. The number of nitro groups is 1. The maximum atomic E-state index is 10.8. The summed E-state index contributed by atoms with van der Waals surface area (Å²) in [6.45, 7) is 4.46. The first kappa shape index (κ1) is 13.4. The Morgan fingerprint density at radius 2 is 2.18 bits per heavy atom. The highest BCUT2D eigenvalue weighted by Crippen LogP contribution is 2.21. The lowest BCUT2D eigenvalue weighted by atomic mass is 10.3. The minimum Gasteiger partial charge on any atom is -0.363 e. The predicted octanol–water partition coefficient (Wildman–Crippen LogP) is 1.66. The minimum absolute atomic E-state index is 0.0153. The van der Waals surface area contributed by atoms with Gasteiger partial charge in [-0.15, -0.1) is 0 Å². The highest BCUT2D eigenvalue weighted by atomic mass is 16.6. The van der Waals surface area contributed by atoms with Crippen LogP contribution >= 0.6 is 0 Å². The van der Waals surface area contributed by atoms with Crippen molar-refractivity contribution in [3.05, 3.63) is 27.9 Å². The van der Waals surface area contributed by atoms with E-state index in [1.807, 2.05) is 32.8 Å². The summed E-state index contributed by atoms with van der Waals surface area (Å²) < 4.78 is 0. The Hall–Kier alpha value is -1.69. The van der Waals surface area contributed by atoms with Gasteiger partial charge in [0.05, 0.1) is 4.92 Å². The number of rotatable bonds is 5. The first-order chi connectivity index (χ1) is 7.91. The molecule has 0 aliphatic heterocycles. The molecular formula is C11H18N4O2. The van der Waals surface area contributed by atoms with Crippen molar-refractivity contribution in [1.82, 2.24) is 9.88 Å². The molecule has 6 nitrogen and oxygen atoms in total. The summed E-state index contributed by atoms with van der Waals surface area (Å²) in [4.78, 5) is 16.6. The highest BCUT2D eigenvalue weighted by molar-refractivity contribution is 5.56. The lowest BCUT2D eigenvalue weighted by Crippen LogP contribution is -2.31. The Morgan fingerprint density at radius 3 is 2.71 bits per heavy atom. The zero-order valence-electron chi connectivity index (χ0n) is 10.6. The zero-order valence-corrected chi connectivity index (χ0v) is 10.6. The third-order valence-electron chi connectivity index (χ3n) is 2.66. The molecule has 0 saturated heterocycles. The molecular weight excluding hydrogens is 220 g/mol. The third-order valence-corrected chi connectivity index (χ3v) is 2.66. The fourth-order valence-electron chi connectivity index (χ4n) is 1.25. The van der Waals surface area contributed by atoms with Gasteiger partial charge >= 0.3 is 5.69 Å². The van der Waals surface area contributed by atoms with Crippen LogP contribution in [0.1, 0.15) is 12.6 Å².